The SMILES string of the molecule is CC(C)c1cc(N)c2c(F)c(Br)cc(F)c2n1. The smallest absolute Gasteiger partial charge is 0.150 e. The Morgan fingerprint density at radius 1 is 1.29 bits per heavy atom. The van der Waals surface area contributed by atoms with Gasteiger partial charge in [-0.15, -0.1) is 0 Å². The monoisotopic (exact) mass is 300 g/mol. The Labute approximate surface area is 106 Å². The van der Waals surface area contributed by atoms with Gasteiger partial charge in [-0.1, -0.05) is 13.8 Å². The van der Waals surface area contributed by atoms with Crippen LogP contribution in [0.1, 0.15) is 25.5 Å². The van der Waals surface area contributed by atoms with E-state index in [-0.39, 0.29) is 27.0 Å². The summed E-state index contributed by atoms with van der Waals surface area (Å²) in [5.74, 6) is -1.06. The van der Waals surface area contributed by atoms with Gasteiger partial charge in [0.15, 0.2) is 5.82 Å². The lowest BCUT2D eigenvalue weighted by molar-refractivity contribution is 0.609. The third kappa shape index (κ3) is 1.99. The Morgan fingerprint density at radius 3 is 2.53 bits per heavy atom. The van der Waals surface area contributed by atoms with Crippen LogP contribution in [0.2, 0.25) is 0 Å². The molecule has 0 saturated carbocycles. The molecule has 0 aliphatic carbocycles. The Morgan fingerprint density at radius 2 is 1.94 bits per heavy atom. The number of nitrogens with two attached hydrogens (primary N) is 1. The molecule has 0 spiro atoms. The molecule has 1 aromatic carbocycles. The van der Waals surface area contributed by atoms with Gasteiger partial charge in [-0.25, -0.2) is 13.8 Å². The molecular weight excluding hydrogens is 290 g/mol. The molecule has 1 heterocycles. The van der Waals surface area contributed by atoms with Crippen molar-refractivity contribution in [2.75, 3.05) is 5.73 Å². The quantitative estimate of drug-likeness (QED) is 0.809. The number of pyridine rings is 1. The molecule has 1 aromatic heterocycles. The van der Waals surface area contributed by atoms with Gasteiger partial charge in [0.1, 0.15) is 11.3 Å². The van der Waals surface area contributed by atoms with E-state index in [0.29, 0.717) is 5.69 Å². The van der Waals surface area contributed by atoms with Gasteiger partial charge in [-0.2, -0.15) is 0 Å². The van der Waals surface area contributed by atoms with E-state index in [4.69, 9.17) is 5.73 Å². The van der Waals surface area contributed by atoms with Crippen molar-refractivity contribution in [3.8, 4) is 0 Å². The van der Waals surface area contributed by atoms with E-state index in [1.54, 1.807) is 6.07 Å². The molecule has 0 atom stereocenters. The molecule has 0 radical (unpaired) electrons. The minimum Gasteiger partial charge on any atom is -0.398 e. The zero-order valence-electron chi connectivity index (χ0n) is 9.39. The molecule has 2 aromatic rings. The second kappa shape index (κ2) is 4.22. The maximum absolute atomic E-state index is 13.8. The van der Waals surface area contributed by atoms with Crippen LogP contribution in [0.4, 0.5) is 14.5 Å². The summed E-state index contributed by atoms with van der Waals surface area (Å²) in [4.78, 5) is 4.12. The van der Waals surface area contributed by atoms with Crippen LogP contribution in [-0.2, 0) is 0 Å². The molecule has 2 N–H and O–H groups in total. The van der Waals surface area contributed by atoms with E-state index < -0.39 is 11.6 Å². The van der Waals surface area contributed by atoms with Crippen molar-refractivity contribution in [3.63, 3.8) is 0 Å². The topological polar surface area (TPSA) is 38.9 Å². The van der Waals surface area contributed by atoms with Crippen molar-refractivity contribution in [1.29, 1.82) is 0 Å². The molecule has 0 amide bonds. The van der Waals surface area contributed by atoms with Gasteiger partial charge < -0.3 is 5.73 Å². The highest BCUT2D eigenvalue weighted by Gasteiger charge is 2.16. The van der Waals surface area contributed by atoms with E-state index in [2.05, 4.69) is 20.9 Å². The van der Waals surface area contributed by atoms with Gasteiger partial charge in [-0.3, -0.25) is 0 Å². The van der Waals surface area contributed by atoms with E-state index in [1.807, 2.05) is 13.8 Å². The number of hydrogen-bond acceptors (Lipinski definition) is 2. The zero-order valence-corrected chi connectivity index (χ0v) is 11.0. The van der Waals surface area contributed by atoms with Crippen molar-refractivity contribution < 1.29 is 8.78 Å². The fourth-order valence-corrected chi connectivity index (χ4v) is 2.05. The van der Waals surface area contributed by atoms with E-state index in [9.17, 15) is 8.78 Å². The van der Waals surface area contributed by atoms with Gasteiger partial charge in [0.2, 0.25) is 0 Å². The average molecular weight is 301 g/mol. The van der Waals surface area contributed by atoms with E-state index in [1.165, 1.54) is 0 Å². The Bertz CT molecular complexity index is 597. The minimum absolute atomic E-state index is 0.0191. The maximum Gasteiger partial charge on any atom is 0.150 e. The lowest BCUT2D eigenvalue weighted by Gasteiger charge is -2.10. The first-order chi connectivity index (χ1) is 7.91. The first-order valence-electron chi connectivity index (χ1n) is 5.15. The summed E-state index contributed by atoms with van der Waals surface area (Å²) in [6.45, 7) is 3.83. The van der Waals surface area contributed by atoms with Crippen LogP contribution in [0, 0.1) is 11.6 Å². The normalized spacial score (nSPS) is 11.4. The fourth-order valence-electron chi connectivity index (χ4n) is 1.65. The summed E-state index contributed by atoms with van der Waals surface area (Å²) >= 11 is 2.95. The van der Waals surface area contributed by atoms with Crippen LogP contribution in [0.3, 0.4) is 0 Å². The summed E-state index contributed by atoms with van der Waals surface area (Å²) in [5, 5.41) is 0.0290. The fraction of sp³-hybridized carbons (Fsp3) is 0.250. The number of halogens is 3. The summed E-state index contributed by atoms with van der Waals surface area (Å²) in [6.07, 6.45) is 0. The molecule has 2 rings (SSSR count). The minimum atomic E-state index is -0.582. The van der Waals surface area contributed by atoms with Crippen molar-refractivity contribution in [1.82, 2.24) is 4.98 Å². The largest absolute Gasteiger partial charge is 0.398 e. The second-order valence-corrected chi connectivity index (χ2v) is 5.02. The van der Waals surface area contributed by atoms with E-state index >= 15 is 0 Å². The number of benzene rings is 1. The summed E-state index contributed by atoms with van der Waals surface area (Å²) in [7, 11) is 0. The van der Waals surface area contributed by atoms with E-state index in [0.717, 1.165) is 6.07 Å². The van der Waals surface area contributed by atoms with Crippen LogP contribution in [0.25, 0.3) is 10.9 Å². The molecule has 5 heteroatoms. The highest BCUT2D eigenvalue weighted by Crippen LogP contribution is 2.32. The number of fused-ring (bicyclic) bond motifs is 1. The number of nitrogens with zero attached hydrogens (tertiary/aromatic N) is 1. The van der Waals surface area contributed by atoms with Gasteiger partial charge in [0, 0.05) is 11.4 Å². The lowest BCUT2D eigenvalue weighted by atomic mass is 10.1. The first kappa shape index (κ1) is 12.2. The zero-order chi connectivity index (χ0) is 12.7. The molecule has 17 heavy (non-hydrogen) atoms. The third-order valence-corrected chi connectivity index (χ3v) is 3.15. The molecule has 0 fully saturated rings. The molecule has 0 saturated heterocycles. The first-order valence-corrected chi connectivity index (χ1v) is 5.94. The number of hydrogen-bond donors (Lipinski definition) is 1. The van der Waals surface area contributed by atoms with Crippen LogP contribution < -0.4 is 5.73 Å². The van der Waals surface area contributed by atoms with Gasteiger partial charge in [-0.05, 0) is 34.0 Å². The van der Waals surface area contributed by atoms with Crippen molar-refractivity contribution >= 4 is 32.5 Å². The van der Waals surface area contributed by atoms with Crippen molar-refractivity contribution in [2.45, 2.75) is 19.8 Å². The van der Waals surface area contributed by atoms with Crippen molar-refractivity contribution in [3.05, 3.63) is 33.9 Å². The highest BCUT2D eigenvalue weighted by molar-refractivity contribution is 9.10. The van der Waals surface area contributed by atoms with Gasteiger partial charge in [0.25, 0.3) is 0 Å². The number of anilines is 1. The average Bonchev–Trinajstić information content (AvgIpc) is 2.25. The molecule has 0 bridgehead atoms. The molecule has 90 valence electrons. The predicted octanol–water partition coefficient (Wildman–Crippen LogP) is 3.98. The molecule has 0 aliphatic heterocycles. The lowest BCUT2D eigenvalue weighted by Crippen LogP contribution is -2.01. The summed E-state index contributed by atoms with van der Waals surface area (Å²) < 4.78 is 27.6. The van der Waals surface area contributed by atoms with Gasteiger partial charge >= 0.3 is 0 Å². The van der Waals surface area contributed by atoms with Crippen LogP contribution in [0.15, 0.2) is 16.6 Å². The predicted molar refractivity (Wildman–Crippen MR) is 67.9 cm³/mol. The number of aromatic nitrogens is 1. The molecular formula is C12H11BrF2N2. The maximum atomic E-state index is 13.8. The van der Waals surface area contributed by atoms with Crippen LogP contribution in [0.5, 0.6) is 0 Å². The summed E-state index contributed by atoms with van der Waals surface area (Å²) in [5.41, 5.74) is 6.60. The number of rotatable bonds is 1. The number of nitrogen functional groups attached to an aromatic ring is 1. The Hall–Kier alpha value is -1.23. The molecule has 0 unspecified atom stereocenters. The standard InChI is InChI=1S/C12H11BrF2N2/c1-5(2)9-4-8(16)10-11(15)6(13)3-7(14)12(10)17-9/h3-5H,1-2H3,(H2,16,17). The summed E-state index contributed by atoms with van der Waals surface area (Å²) in [6, 6.07) is 2.65. The van der Waals surface area contributed by atoms with Gasteiger partial charge in [0.05, 0.1) is 9.86 Å². The van der Waals surface area contributed by atoms with Crippen LogP contribution in [-0.4, -0.2) is 4.98 Å². The Kier molecular flexibility index (Phi) is 3.03. The highest BCUT2D eigenvalue weighted by atomic mass is 79.9. The third-order valence-electron chi connectivity index (χ3n) is 2.57. The van der Waals surface area contributed by atoms with Crippen molar-refractivity contribution in [2.24, 2.45) is 0 Å². The Balaban J connectivity index is 2.90. The van der Waals surface area contributed by atoms with Crippen LogP contribution >= 0.6 is 15.9 Å². The molecule has 2 nitrogen and oxygen atoms in total. The second-order valence-electron chi connectivity index (χ2n) is 4.17. The molecule has 0 aliphatic rings.